The normalized spacial score (nSPS) is 9.89. The molecular weight excluding hydrogens is 232 g/mol. The van der Waals surface area contributed by atoms with Crippen LogP contribution in [0.4, 0.5) is 0 Å². The SMILES string of the molecule is COc1ccccc1OCCCC(=O)NCCN. The lowest BCUT2D eigenvalue weighted by molar-refractivity contribution is -0.121. The fourth-order valence-corrected chi connectivity index (χ4v) is 1.45. The van der Waals surface area contributed by atoms with Gasteiger partial charge in [-0.3, -0.25) is 4.79 Å². The van der Waals surface area contributed by atoms with Gasteiger partial charge in [0.1, 0.15) is 0 Å². The second-order valence-corrected chi connectivity index (χ2v) is 3.74. The zero-order valence-electron chi connectivity index (χ0n) is 10.6. The van der Waals surface area contributed by atoms with Gasteiger partial charge >= 0.3 is 0 Å². The number of methoxy groups -OCH3 is 1. The Balaban J connectivity index is 2.23. The Morgan fingerprint density at radius 1 is 1.33 bits per heavy atom. The molecule has 1 rings (SSSR count). The Labute approximate surface area is 107 Å². The number of amides is 1. The number of hydrogen-bond donors (Lipinski definition) is 2. The van der Waals surface area contributed by atoms with E-state index in [0.29, 0.717) is 44.0 Å². The van der Waals surface area contributed by atoms with E-state index in [1.807, 2.05) is 24.3 Å². The molecule has 0 radical (unpaired) electrons. The summed E-state index contributed by atoms with van der Waals surface area (Å²) >= 11 is 0. The first-order valence-corrected chi connectivity index (χ1v) is 6.00. The number of para-hydroxylation sites is 2. The van der Waals surface area contributed by atoms with Crippen LogP contribution in [0.5, 0.6) is 11.5 Å². The average molecular weight is 252 g/mol. The summed E-state index contributed by atoms with van der Waals surface area (Å²) in [5.41, 5.74) is 5.29. The average Bonchev–Trinajstić information content (AvgIpc) is 2.41. The molecule has 0 saturated carbocycles. The summed E-state index contributed by atoms with van der Waals surface area (Å²) in [6.07, 6.45) is 1.10. The highest BCUT2D eigenvalue weighted by Gasteiger charge is 2.03. The minimum atomic E-state index is 0.00377. The topological polar surface area (TPSA) is 73.6 Å². The molecule has 3 N–H and O–H groups in total. The van der Waals surface area contributed by atoms with Crippen molar-refractivity contribution in [3.8, 4) is 11.5 Å². The van der Waals surface area contributed by atoms with Crippen molar-refractivity contribution in [2.24, 2.45) is 5.73 Å². The van der Waals surface area contributed by atoms with Crippen molar-refractivity contribution in [1.82, 2.24) is 5.32 Å². The standard InChI is InChI=1S/C13H20N2O3/c1-17-11-5-2-3-6-12(11)18-10-4-7-13(16)15-9-8-14/h2-3,5-6H,4,7-10,14H2,1H3,(H,15,16). The number of nitrogens with one attached hydrogen (secondary N) is 1. The van der Waals surface area contributed by atoms with Gasteiger partial charge in [-0.05, 0) is 18.6 Å². The number of rotatable bonds is 8. The largest absolute Gasteiger partial charge is 0.493 e. The van der Waals surface area contributed by atoms with Gasteiger partial charge in [-0.1, -0.05) is 12.1 Å². The van der Waals surface area contributed by atoms with Crippen LogP contribution >= 0.6 is 0 Å². The first-order chi connectivity index (χ1) is 8.77. The first kappa shape index (κ1) is 14.3. The summed E-state index contributed by atoms with van der Waals surface area (Å²) in [5.74, 6) is 1.40. The maximum absolute atomic E-state index is 11.3. The molecule has 1 aromatic carbocycles. The third kappa shape index (κ3) is 5.05. The number of carbonyl (C=O) groups excluding carboxylic acids is 1. The third-order valence-electron chi connectivity index (χ3n) is 2.34. The van der Waals surface area contributed by atoms with Crippen molar-refractivity contribution in [3.05, 3.63) is 24.3 Å². The van der Waals surface area contributed by atoms with Gasteiger partial charge in [0, 0.05) is 19.5 Å². The molecule has 100 valence electrons. The van der Waals surface area contributed by atoms with Gasteiger partial charge in [0.25, 0.3) is 0 Å². The molecule has 0 aliphatic carbocycles. The van der Waals surface area contributed by atoms with Crippen molar-refractivity contribution in [1.29, 1.82) is 0 Å². The summed E-state index contributed by atoms with van der Waals surface area (Å²) in [4.78, 5) is 11.3. The smallest absolute Gasteiger partial charge is 0.220 e. The Hall–Kier alpha value is -1.75. The molecule has 1 aromatic rings. The molecule has 1 amide bonds. The highest BCUT2D eigenvalue weighted by Crippen LogP contribution is 2.25. The Morgan fingerprint density at radius 3 is 2.72 bits per heavy atom. The molecule has 0 aromatic heterocycles. The van der Waals surface area contributed by atoms with E-state index in [1.54, 1.807) is 7.11 Å². The van der Waals surface area contributed by atoms with Gasteiger partial charge in [-0.2, -0.15) is 0 Å². The van der Waals surface area contributed by atoms with Crippen molar-refractivity contribution in [3.63, 3.8) is 0 Å². The lowest BCUT2D eigenvalue weighted by Crippen LogP contribution is -2.29. The van der Waals surface area contributed by atoms with Crippen LogP contribution in [0.15, 0.2) is 24.3 Å². The predicted molar refractivity (Wildman–Crippen MR) is 69.8 cm³/mol. The zero-order valence-corrected chi connectivity index (χ0v) is 10.6. The number of hydrogen-bond acceptors (Lipinski definition) is 4. The Bertz CT molecular complexity index is 369. The van der Waals surface area contributed by atoms with E-state index in [-0.39, 0.29) is 5.91 Å². The summed E-state index contributed by atoms with van der Waals surface area (Å²) in [6, 6.07) is 7.44. The van der Waals surface area contributed by atoms with Crippen molar-refractivity contribution < 1.29 is 14.3 Å². The third-order valence-corrected chi connectivity index (χ3v) is 2.34. The van der Waals surface area contributed by atoms with Crippen molar-refractivity contribution in [2.45, 2.75) is 12.8 Å². The molecule has 0 bridgehead atoms. The molecule has 18 heavy (non-hydrogen) atoms. The number of carbonyl (C=O) groups is 1. The van der Waals surface area contributed by atoms with Gasteiger partial charge in [0.2, 0.25) is 5.91 Å². The highest BCUT2D eigenvalue weighted by atomic mass is 16.5. The van der Waals surface area contributed by atoms with Crippen LogP contribution in [-0.4, -0.2) is 32.7 Å². The quantitative estimate of drug-likeness (QED) is 0.675. The number of benzene rings is 1. The van der Waals surface area contributed by atoms with Gasteiger partial charge in [-0.25, -0.2) is 0 Å². The molecule has 0 atom stereocenters. The van der Waals surface area contributed by atoms with Crippen LogP contribution in [-0.2, 0) is 4.79 Å². The molecule has 5 heteroatoms. The highest BCUT2D eigenvalue weighted by molar-refractivity contribution is 5.75. The van der Waals surface area contributed by atoms with Gasteiger partial charge < -0.3 is 20.5 Å². The van der Waals surface area contributed by atoms with Gasteiger partial charge in [0.15, 0.2) is 11.5 Å². The van der Waals surface area contributed by atoms with Crippen LogP contribution in [0.1, 0.15) is 12.8 Å². The minimum Gasteiger partial charge on any atom is -0.493 e. The van der Waals surface area contributed by atoms with E-state index in [4.69, 9.17) is 15.2 Å². The Kier molecular flexibility index (Phi) is 6.64. The summed E-state index contributed by atoms with van der Waals surface area (Å²) < 4.78 is 10.7. The zero-order chi connectivity index (χ0) is 13.2. The second kappa shape index (κ2) is 8.36. The van der Waals surface area contributed by atoms with E-state index in [9.17, 15) is 4.79 Å². The van der Waals surface area contributed by atoms with E-state index >= 15 is 0 Å². The molecule has 0 aliphatic heterocycles. The molecule has 0 saturated heterocycles. The number of ether oxygens (including phenoxy) is 2. The van der Waals surface area contributed by atoms with E-state index in [2.05, 4.69) is 5.32 Å². The van der Waals surface area contributed by atoms with Crippen LogP contribution < -0.4 is 20.5 Å². The predicted octanol–water partition coefficient (Wildman–Crippen LogP) is 0.929. The van der Waals surface area contributed by atoms with Crippen LogP contribution in [0, 0.1) is 0 Å². The molecule has 0 unspecified atom stereocenters. The lowest BCUT2D eigenvalue weighted by atomic mass is 10.3. The van der Waals surface area contributed by atoms with Crippen LogP contribution in [0.3, 0.4) is 0 Å². The molecular formula is C13H20N2O3. The fraction of sp³-hybridized carbons (Fsp3) is 0.462. The summed E-state index contributed by atoms with van der Waals surface area (Å²) in [5, 5.41) is 2.71. The minimum absolute atomic E-state index is 0.00377. The second-order valence-electron chi connectivity index (χ2n) is 3.74. The maximum Gasteiger partial charge on any atom is 0.220 e. The molecule has 0 fully saturated rings. The number of nitrogens with two attached hydrogens (primary N) is 1. The van der Waals surface area contributed by atoms with Gasteiger partial charge in [0.05, 0.1) is 13.7 Å². The molecule has 0 heterocycles. The van der Waals surface area contributed by atoms with Gasteiger partial charge in [-0.15, -0.1) is 0 Å². The summed E-state index contributed by atoms with van der Waals surface area (Å²) in [7, 11) is 1.60. The lowest BCUT2D eigenvalue weighted by Gasteiger charge is -2.10. The molecule has 0 aliphatic rings. The molecule has 0 spiro atoms. The van der Waals surface area contributed by atoms with E-state index in [0.717, 1.165) is 0 Å². The van der Waals surface area contributed by atoms with E-state index < -0.39 is 0 Å². The monoisotopic (exact) mass is 252 g/mol. The van der Waals surface area contributed by atoms with E-state index in [1.165, 1.54) is 0 Å². The first-order valence-electron chi connectivity index (χ1n) is 6.00. The maximum atomic E-state index is 11.3. The van der Waals surface area contributed by atoms with Crippen molar-refractivity contribution in [2.75, 3.05) is 26.8 Å². The van der Waals surface area contributed by atoms with Crippen LogP contribution in [0.25, 0.3) is 0 Å². The van der Waals surface area contributed by atoms with Crippen LogP contribution in [0.2, 0.25) is 0 Å². The summed E-state index contributed by atoms with van der Waals surface area (Å²) in [6.45, 7) is 1.46. The molecule has 5 nitrogen and oxygen atoms in total. The fourth-order valence-electron chi connectivity index (χ4n) is 1.45. The Morgan fingerprint density at radius 2 is 2.06 bits per heavy atom. The van der Waals surface area contributed by atoms with Crippen molar-refractivity contribution >= 4 is 5.91 Å².